The van der Waals surface area contributed by atoms with Crippen molar-refractivity contribution in [3.63, 3.8) is 0 Å². The first-order valence-electron chi connectivity index (χ1n) is 7.73. The van der Waals surface area contributed by atoms with E-state index in [1.54, 1.807) is 0 Å². The Balaban J connectivity index is 2.52. The molecule has 0 fully saturated rings. The fraction of sp³-hybridized carbons (Fsp3) is 0.529. The van der Waals surface area contributed by atoms with Crippen LogP contribution in [0.25, 0.3) is 0 Å². The van der Waals surface area contributed by atoms with Crippen molar-refractivity contribution < 1.29 is 23.9 Å². The van der Waals surface area contributed by atoms with Crippen LogP contribution in [0.15, 0.2) is 18.2 Å². The number of benzene rings is 1. The predicted molar refractivity (Wildman–Crippen MR) is 87.9 cm³/mol. The zero-order valence-corrected chi connectivity index (χ0v) is 14.6. The molecule has 0 heterocycles. The van der Waals surface area contributed by atoms with E-state index in [9.17, 15) is 14.0 Å². The first-order valence-corrected chi connectivity index (χ1v) is 7.73. The molecule has 0 saturated carbocycles. The summed E-state index contributed by atoms with van der Waals surface area (Å²) in [6.45, 7) is 6.88. The lowest BCUT2D eigenvalue weighted by Gasteiger charge is -2.27. The van der Waals surface area contributed by atoms with Gasteiger partial charge in [0, 0.05) is 18.7 Å². The maximum atomic E-state index is 13.8. The van der Waals surface area contributed by atoms with E-state index in [1.807, 2.05) is 32.7 Å². The summed E-state index contributed by atoms with van der Waals surface area (Å²) in [5.41, 5.74) is -0.0613. The third kappa shape index (κ3) is 7.06. The van der Waals surface area contributed by atoms with Gasteiger partial charge in [-0.1, -0.05) is 0 Å². The smallest absolute Gasteiger partial charge is 0.335 e. The van der Waals surface area contributed by atoms with Crippen molar-refractivity contribution in [2.45, 2.75) is 39.3 Å². The number of hydroxylamine groups is 2. The molecule has 134 valence electrons. The Morgan fingerprint density at radius 1 is 1.33 bits per heavy atom. The Morgan fingerprint density at radius 2 is 2.00 bits per heavy atom. The molecule has 1 N–H and O–H groups in total. The molecule has 1 amide bonds. The molecule has 1 rings (SSSR count). The van der Waals surface area contributed by atoms with Crippen LogP contribution in [0.5, 0.6) is 0 Å². The van der Waals surface area contributed by atoms with Gasteiger partial charge < -0.3 is 10.0 Å². The van der Waals surface area contributed by atoms with Crippen LogP contribution in [0.4, 0.5) is 4.39 Å². The standard InChI is InChI=1S/C17H25FN2O4/c1-17(2,3)24-20(12-21)9-5-8-19(4)11-14-10-13(16(22)23)6-7-15(14)18/h6-7,10,12H,5,8-9,11H2,1-4H3,(H,22,23). The van der Waals surface area contributed by atoms with Crippen LogP contribution in [0, 0.1) is 5.82 Å². The number of amides is 1. The summed E-state index contributed by atoms with van der Waals surface area (Å²) >= 11 is 0. The van der Waals surface area contributed by atoms with Crippen LogP contribution in [0.3, 0.4) is 0 Å². The second kappa shape index (κ2) is 8.75. The minimum absolute atomic E-state index is 0.0607. The molecule has 7 heteroatoms. The van der Waals surface area contributed by atoms with Gasteiger partial charge in [0.2, 0.25) is 6.41 Å². The first-order chi connectivity index (χ1) is 11.1. The molecule has 24 heavy (non-hydrogen) atoms. The van der Waals surface area contributed by atoms with E-state index in [0.717, 1.165) is 6.07 Å². The molecular formula is C17H25FN2O4. The monoisotopic (exact) mass is 340 g/mol. The molecule has 1 aromatic rings. The maximum absolute atomic E-state index is 13.8. The number of hydrogen-bond donors (Lipinski definition) is 1. The van der Waals surface area contributed by atoms with Crippen molar-refractivity contribution in [3.05, 3.63) is 35.1 Å². The molecule has 6 nitrogen and oxygen atoms in total. The molecule has 0 unspecified atom stereocenters. The fourth-order valence-electron chi connectivity index (χ4n) is 2.17. The van der Waals surface area contributed by atoms with E-state index in [1.165, 1.54) is 17.2 Å². The Labute approximate surface area is 141 Å². The molecule has 0 aliphatic carbocycles. The van der Waals surface area contributed by atoms with Gasteiger partial charge in [-0.2, -0.15) is 0 Å². The SMILES string of the molecule is CN(CCCN(C=O)OC(C)(C)C)Cc1cc(C(=O)O)ccc1F. The average molecular weight is 340 g/mol. The zero-order valence-electron chi connectivity index (χ0n) is 14.6. The number of carbonyl (C=O) groups is 2. The second-order valence-corrected chi connectivity index (χ2v) is 6.65. The van der Waals surface area contributed by atoms with Crippen molar-refractivity contribution in [3.8, 4) is 0 Å². The number of aromatic carboxylic acids is 1. The Kier molecular flexibility index (Phi) is 7.31. The topological polar surface area (TPSA) is 70.1 Å². The maximum Gasteiger partial charge on any atom is 0.335 e. The van der Waals surface area contributed by atoms with E-state index >= 15 is 0 Å². The third-order valence-electron chi connectivity index (χ3n) is 3.16. The zero-order chi connectivity index (χ0) is 18.3. The van der Waals surface area contributed by atoms with E-state index in [2.05, 4.69) is 0 Å². The molecular weight excluding hydrogens is 315 g/mol. The van der Waals surface area contributed by atoms with Gasteiger partial charge in [-0.25, -0.2) is 14.2 Å². The molecule has 0 spiro atoms. The molecule has 0 aromatic heterocycles. The highest BCUT2D eigenvalue weighted by Gasteiger charge is 2.16. The highest BCUT2D eigenvalue weighted by molar-refractivity contribution is 5.87. The van der Waals surface area contributed by atoms with E-state index in [-0.39, 0.29) is 12.1 Å². The quantitative estimate of drug-likeness (QED) is 0.552. The van der Waals surface area contributed by atoms with Gasteiger partial charge in [0.05, 0.1) is 11.2 Å². The largest absolute Gasteiger partial charge is 0.478 e. The van der Waals surface area contributed by atoms with Gasteiger partial charge in [0.1, 0.15) is 5.82 Å². The van der Waals surface area contributed by atoms with E-state index in [4.69, 9.17) is 9.94 Å². The highest BCUT2D eigenvalue weighted by atomic mass is 19.1. The summed E-state index contributed by atoms with van der Waals surface area (Å²) < 4.78 is 13.8. The Morgan fingerprint density at radius 3 is 2.54 bits per heavy atom. The number of carboxylic acids is 1. The van der Waals surface area contributed by atoms with Crippen LogP contribution < -0.4 is 0 Å². The minimum atomic E-state index is -1.08. The number of hydrogen-bond acceptors (Lipinski definition) is 4. The summed E-state index contributed by atoms with van der Waals surface area (Å²) in [5.74, 6) is -1.52. The Hall–Kier alpha value is -1.99. The number of rotatable bonds is 9. The third-order valence-corrected chi connectivity index (χ3v) is 3.16. The van der Waals surface area contributed by atoms with Crippen LogP contribution in [-0.4, -0.2) is 53.2 Å². The second-order valence-electron chi connectivity index (χ2n) is 6.65. The van der Waals surface area contributed by atoms with Gasteiger partial charge in [0.25, 0.3) is 0 Å². The van der Waals surface area contributed by atoms with Crippen LogP contribution >= 0.6 is 0 Å². The lowest BCUT2D eigenvalue weighted by atomic mass is 10.1. The summed E-state index contributed by atoms with van der Waals surface area (Å²) in [6.07, 6.45) is 1.28. The fourth-order valence-corrected chi connectivity index (χ4v) is 2.17. The average Bonchev–Trinajstić information content (AvgIpc) is 2.46. The summed E-state index contributed by atoms with van der Waals surface area (Å²) in [7, 11) is 1.81. The predicted octanol–water partition coefficient (Wildman–Crippen LogP) is 2.53. The van der Waals surface area contributed by atoms with Gasteiger partial charge >= 0.3 is 5.97 Å². The van der Waals surface area contributed by atoms with Crippen molar-refractivity contribution in [1.82, 2.24) is 9.96 Å². The minimum Gasteiger partial charge on any atom is -0.478 e. The lowest BCUT2D eigenvalue weighted by Crippen LogP contribution is -2.35. The first kappa shape index (κ1) is 20.1. The van der Waals surface area contributed by atoms with Crippen molar-refractivity contribution in [2.75, 3.05) is 20.1 Å². The van der Waals surface area contributed by atoms with Crippen LogP contribution in [0.2, 0.25) is 0 Å². The molecule has 0 saturated heterocycles. The van der Waals surface area contributed by atoms with Gasteiger partial charge in [-0.15, -0.1) is 0 Å². The van der Waals surface area contributed by atoms with Crippen molar-refractivity contribution >= 4 is 12.4 Å². The molecule has 0 atom stereocenters. The number of halogens is 1. The normalized spacial score (nSPS) is 11.6. The molecule has 0 aliphatic rings. The Bertz CT molecular complexity index is 572. The summed E-state index contributed by atoms with van der Waals surface area (Å²) in [5, 5.41) is 10.2. The van der Waals surface area contributed by atoms with Crippen molar-refractivity contribution in [2.24, 2.45) is 0 Å². The number of carboxylic acid groups (broad SMARTS) is 1. The highest BCUT2D eigenvalue weighted by Crippen LogP contribution is 2.13. The van der Waals surface area contributed by atoms with Gasteiger partial charge in [-0.05, 0) is 59.0 Å². The van der Waals surface area contributed by atoms with Gasteiger partial charge in [0.15, 0.2) is 0 Å². The van der Waals surface area contributed by atoms with Crippen LogP contribution in [0.1, 0.15) is 43.1 Å². The lowest BCUT2D eigenvalue weighted by molar-refractivity contribution is -0.216. The van der Waals surface area contributed by atoms with Gasteiger partial charge in [-0.3, -0.25) is 9.63 Å². The summed E-state index contributed by atoms with van der Waals surface area (Å²) in [6, 6.07) is 3.75. The number of carbonyl (C=O) groups excluding carboxylic acids is 1. The molecule has 0 aliphatic heterocycles. The molecule has 0 bridgehead atoms. The molecule has 1 aromatic carbocycles. The van der Waals surface area contributed by atoms with E-state index < -0.39 is 17.4 Å². The number of nitrogens with zero attached hydrogens (tertiary/aromatic N) is 2. The van der Waals surface area contributed by atoms with Crippen LogP contribution in [-0.2, 0) is 16.2 Å². The van der Waals surface area contributed by atoms with Crippen molar-refractivity contribution in [1.29, 1.82) is 0 Å². The van der Waals surface area contributed by atoms with E-state index in [0.29, 0.717) is 31.5 Å². The summed E-state index contributed by atoms with van der Waals surface area (Å²) in [4.78, 5) is 29.3. The molecule has 0 radical (unpaired) electrons.